The van der Waals surface area contributed by atoms with Gasteiger partial charge in [-0.2, -0.15) is 0 Å². The van der Waals surface area contributed by atoms with Gasteiger partial charge < -0.3 is 10.6 Å². The van der Waals surface area contributed by atoms with Crippen molar-refractivity contribution in [1.29, 1.82) is 0 Å². The average Bonchev–Trinajstić information content (AvgIpc) is 2.54. The van der Waals surface area contributed by atoms with Crippen LogP contribution in [0.2, 0.25) is 0 Å². The Labute approximate surface area is 136 Å². The van der Waals surface area contributed by atoms with E-state index in [1.807, 2.05) is 24.3 Å². The maximum Gasteiger partial charge on any atom is 0.225 e. The third kappa shape index (κ3) is 5.83. The minimum atomic E-state index is -0.239. The molecule has 0 saturated heterocycles. The average molecular weight is 314 g/mol. The first-order valence-electron chi connectivity index (χ1n) is 7.89. The molecule has 0 atom stereocenters. The molecular weight excluding hydrogens is 291 g/mol. The second kappa shape index (κ2) is 8.44. The molecular formula is C19H23FN2O. The molecule has 0 heterocycles. The number of carbonyl (C=O) groups is 1. The lowest BCUT2D eigenvalue weighted by atomic mass is 10.0. The SMILES string of the molecule is CC(C)c1ccc(NC(=O)CCNCc2ccc(F)cc2)cc1. The van der Waals surface area contributed by atoms with Gasteiger partial charge in [0.05, 0.1) is 0 Å². The van der Waals surface area contributed by atoms with Gasteiger partial charge in [-0.05, 0) is 41.3 Å². The first-order chi connectivity index (χ1) is 11.0. The molecule has 0 spiro atoms. The molecule has 1 amide bonds. The molecule has 4 heteroatoms. The summed E-state index contributed by atoms with van der Waals surface area (Å²) in [5.41, 5.74) is 3.07. The van der Waals surface area contributed by atoms with Crippen molar-refractivity contribution in [2.45, 2.75) is 32.7 Å². The lowest BCUT2D eigenvalue weighted by molar-refractivity contribution is -0.116. The van der Waals surface area contributed by atoms with Crippen molar-refractivity contribution < 1.29 is 9.18 Å². The zero-order valence-corrected chi connectivity index (χ0v) is 13.6. The Hall–Kier alpha value is -2.20. The molecule has 0 saturated carbocycles. The van der Waals surface area contributed by atoms with Crippen molar-refractivity contribution in [2.75, 3.05) is 11.9 Å². The zero-order chi connectivity index (χ0) is 16.7. The molecule has 122 valence electrons. The van der Waals surface area contributed by atoms with Crippen molar-refractivity contribution in [3.05, 3.63) is 65.5 Å². The summed E-state index contributed by atoms with van der Waals surface area (Å²) < 4.78 is 12.8. The zero-order valence-electron chi connectivity index (χ0n) is 13.6. The second-order valence-electron chi connectivity index (χ2n) is 5.88. The van der Waals surface area contributed by atoms with Crippen molar-refractivity contribution in [3.63, 3.8) is 0 Å². The Bertz CT molecular complexity index is 621. The number of carbonyl (C=O) groups excluding carboxylic acids is 1. The monoisotopic (exact) mass is 314 g/mol. The van der Waals surface area contributed by atoms with E-state index in [2.05, 4.69) is 24.5 Å². The fourth-order valence-corrected chi connectivity index (χ4v) is 2.21. The van der Waals surface area contributed by atoms with E-state index in [0.29, 0.717) is 25.4 Å². The van der Waals surface area contributed by atoms with Crippen molar-refractivity contribution in [3.8, 4) is 0 Å². The van der Waals surface area contributed by atoms with E-state index < -0.39 is 0 Å². The molecule has 3 nitrogen and oxygen atoms in total. The van der Waals surface area contributed by atoms with Crippen LogP contribution in [0, 0.1) is 5.82 Å². The minimum absolute atomic E-state index is 0.0195. The van der Waals surface area contributed by atoms with Gasteiger partial charge in [0.1, 0.15) is 5.82 Å². The van der Waals surface area contributed by atoms with E-state index >= 15 is 0 Å². The summed E-state index contributed by atoms with van der Waals surface area (Å²) in [4.78, 5) is 11.9. The van der Waals surface area contributed by atoms with Crippen LogP contribution < -0.4 is 10.6 Å². The number of halogens is 1. The summed E-state index contributed by atoms with van der Waals surface area (Å²) in [5, 5.41) is 6.06. The Morgan fingerprint density at radius 3 is 2.30 bits per heavy atom. The molecule has 0 fully saturated rings. The van der Waals surface area contributed by atoms with Gasteiger partial charge in [0.15, 0.2) is 0 Å². The lowest BCUT2D eigenvalue weighted by Gasteiger charge is -2.09. The summed E-state index contributed by atoms with van der Waals surface area (Å²) in [6, 6.07) is 14.3. The summed E-state index contributed by atoms with van der Waals surface area (Å²) in [5.74, 6) is 0.223. The molecule has 2 aromatic rings. The van der Waals surface area contributed by atoms with Gasteiger partial charge in [0, 0.05) is 25.2 Å². The fourth-order valence-electron chi connectivity index (χ4n) is 2.21. The molecule has 0 aliphatic carbocycles. The van der Waals surface area contributed by atoms with E-state index in [0.717, 1.165) is 11.3 Å². The summed E-state index contributed by atoms with van der Waals surface area (Å²) in [6.07, 6.45) is 0.396. The minimum Gasteiger partial charge on any atom is -0.326 e. The summed E-state index contributed by atoms with van der Waals surface area (Å²) in [7, 11) is 0. The van der Waals surface area contributed by atoms with Gasteiger partial charge in [0.2, 0.25) is 5.91 Å². The predicted octanol–water partition coefficient (Wildman–Crippen LogP) is 4.07. The van der Waals surface area contributed by atoms with Crippen LogP contribution in [0.1, 0.15) is 37.3 Å². The van der Waals surface area contributed by atoms with Crippen molar-refractivity contribution in [1.82, 2.24) is 5.32 Å². The van der Waals surface area contributed by atoms with E-state index in [1.54, 1.807) is 12.1 Å². The summed E-state index contributed by atoms with van der Waals surface area (Å²) >= 11 is 0. The maximum absolute atomic E-state index is 12.8. The number of rotatable bonds is 7. The van der Waals surface area contributed by atoms with E-state index in [9.17, 15) is 9.18 Å². The van der Waals surface area contributed by atoms with Crippen LogP contribution in [0.15, 0.2) is 48.5 Å². The van der Waals surface area contributed by atoms with Crippen molar-refractivity contribution in [2.24, 2.45) is 0 Å². The number of nitrogens with one attached hydrogen (secondary N) is 2. The number of hydrogen-bond donors (Lipinski definition) is 2. The lowest BCUT2D eigenvalue weighted by Crippen LogP contribution is -2.21. The van der Waals surface area contributed by atoms with Gasteiger partial charge >= 0.3 is 0 Å². The van der Waals surface area contributed by atoms with Crippen molar-refractivity contribution >= 4 is 11.6 Å². The Morgan fingerprint density at radius 2 is 1.70 bits per heavy atom. The molecule has 2 aromatic carbocycles. The predicted molar refractivity (Wildman–Crippen MR) is 91.9 cm³/mol. The van der Waals surface area contributed by atoms with Crippen LogP contribution in [0.5, 0.6) is 0 Å². The van der Waals surface area contributed by atoms with Gasteiger partial charge in [-0.25, -0.2) is 4.39 Å². The molecule has 0 aliphatic heterocycles. The maximum atomic E-state index is 12.8. The Balaban J connectivity index is 1.69. The van der Waals surface area contributed by atoms with Gasteiger partial charge in [-0.3, -0.25) is 4.79 Å². The number of hydrogen-bond acceptors (Lipinski definition) is 2. The number of amides is 1. The molecule has 0 unspecified atom stereocenters. The van der Waals surface area contributed by atoms with Crippen LogP contribution in [0.3, 0.4) is 0 Å². The van der Waals surface area contributed by atoms with Gasteiger partial charge in [-0.15, -0.1) is 0 Å². The van der Waals surface area contributed by atoms with Gasteiger partial charge in [-0.1, -0.05) is 38.1 Å². The molecule has 23 heavy (non-hydrogen) atoms. The quantitative estimate of drug-likeness (QED) is 0.757. The standard InChI is InChI=1S/C19H23FN2O/c1-14(2)16-5-9-18(10-6-16)22-19(23)11-12-21-13-15-3-7-17(20)8-4-15/h3-10,14,21H,11-13H2,1-2H3,(H,22,23). The fraction of sp³-hybridized carbons (Fsp3) is 0.316. The van der Waals surface area contributed by atoms with Gasteiger partial charge in [0.25, 0.3) is 0 Å². The number of benzene rings is 2. The van der Waals surface area contributed by atoms with Crippen LogP contribution in [-0.2, 0) is 11.3 Å². The Kier molecular flexibility index (Phi) is 6.29. The highest BCUT2D eigenvalue weighted by Gasteiger charge is 2.03. The third-order valence-electron chi connectivity index (χ3n) is 3.63. The second-order valence-corrected chi connectivity index (χ2v) is 5.88. The summed E-state index contributed by atoms with van der Waals surface area (Å²) in [6.45, 7) is 5.48. The first kappa shape index (κ1) is 17.2. The highest BCUT2D eigenvalue weighted by Crippen LogP contribution is 2.17. The normalized spacial score (nSPS) is 10.8. The Morgan fingerprint density at radius 1 is 1.04 bits per heavy atom. The first-order valence-corrected chi connectivity index (χ1v) is 7.89. The highest BCUT2D eigenvalue weighted by molar-refractivity contribution is 5.90. The molecule has 2 N–H and O–H groups in total. The van der Waals surface area contributed by atoms with Crippen LogP contribution in [0.25, 0.3) is 0 Å². The number of anilines is 1. The van der Waals surface area contributed by atoms with E-state index in [4.69, 9.17) is 0 Å². The molecule has 0 aromatic heterocycles. The topological polar surface area (TPSA) is 41.1 Å². The van der Waals surface area contributed by atoms with E-state index in [-0.39, 0.29) is 11.7 Å². The smallest absolute Gasteiger partial charge is 0.225 e. The van der Waals surface area contributed by atoms with Crippen LogP contribution in [-0.4, -0.2) is 12.5 Å². The van der Waals surface area contributed by atoms with E-state index in [1.165, 1.54) is 17.7 Å². The largest absolute Gasteiger partial charge is 0.326 e. The molecule has 0 bridgehead atoms. The third-order valence-corrected chi connectivity index (χ3v) is 3.63. The molecule has 0 radical (unpaired) electrons. The van der Waals surface area contributed by atoms with Crippen LogP contribution in [0.4, 0.5) is 10.1 Å². The molecule has 2 rings (SSSR count). The van der Waals surface area contributed by atoms with Crippen LogP contribution >= 0.6 is 0 Å². The highest BCUT2D eigenvalue weighted by atomic mass is 19.1. The molecule has 0 aliphatic rings.